The largest absolute Gasteiger partial charge is 0.493 e. The number of benzene rings is 1. The number of hydrogen-bond acceptors (Lipinski definition) is 4. The van der Waals surface area contributed by atoms with Gasteiger partial charge in [0.1, 0.15) is 0 Å². The molecule has 0 aromatic heterocycles. The second-order valence-corrected chi connectivity index (χ2v) is 7.01. The molecule has 1 aromatic rings. The molecule has 0 heterocycles. The van der Waals surface area contributed by atoms with Crippen LogP contribution < -0.4 is 14.8 Å². The highest BCUT2D eigenvalue weighted by atomic mass is 16.5. The Bertz CT molecular complexity index is 639. The van der Waals surface area contributed by atoms with Crippen molar-refractivity contribution in [2.45, 2.75) is 39.5 Å². The van der Waals surface area contributed by atoms with E-state index in [1.807, 2.05) is 0 Å². The summed E-state index contributed by atoms with van der Waals surface area (Å²) < 4.78 is 10.5. The molecule has 0 saturated heterocycles. The number of hydrogen-bond donors (Lipinski definition) is 2. The second-order valence-electron chi connectivity index (χ2n) is 7.01. The van der Waals surface area contributed by atoms with Crippen LogP contribution in [0, 0.1) is 11.3 Å². The molecule has 1 aliphatic carbocycles. The highest BCUT2D eigenvalue weighted by molar-refractivity contribution is 5.97. The molecule has 6 nitrogen and oxygen atoms in total. The molecule has 0 spiro atoms. The van der Waals surface area contributed by atoms with Gasteiger partial charge in [-0.05, 0) is 36.8 Å². The Morgan fingerprint density at radius 3 is 2.50 bits per heavy atom. The van der Waals surface area contributed by atoms with Crippen molar-refractivity contribution in [1.29, 1.82) is 0 Å². The molecular formula is C18H25NO5. The van der Waals surface area contributed by atoms with Crippen LogP contribution in [0.3, 0.4) is 0 Å². The maximum atomic E-state index is 12.6. The van der Waals surface area contributed by atoms with Crippen LogP contribution in [0.15, 0.2) is 12.1 Å². The summed E-state index contributed by atoms with van der Waals surface area (Å²) in [4.78, 5) is 23.9. The average molecular weight is 335 g/mol. The van der Waals surface area contributed by atoms with Crippen LogP contribution in [0.5, 0.6) is 11.5 Å². The standard InChI is InChI=1S/C18H25NO5/c1-18(2)7-5-6-11(10-18)16(20)19-13-8-12(17(21)22)9-14(23-3)15(13)24-4/h8-9,11H,5-7,10H2,1-4H3,(H,19,20)(H,21,22). The van der Waals surface area contributed by atoms with E-state index in [-0.39, 0.29) is 28.6 Å². The van der Waals surface area contributed by atoms with E-state index in [4.69, 9.17) is 9.47 Å². The predicted octanol–water partition coefficient (Wildman–Crippen LogP) is 3.56. The van der Waals surface area contributed by atoms with Crippen LogP contribution >= 0.6 is 0 Å². The van der Waals surface area contributed by atoms with Crippen molar-refractivity contribution in [2.75, 3.05) is 19.5 Å². The minimum absolute atomic E-state index is 0.0342. The van der Waals surface area contributed by atoms with Crippen molar-refractivity contribution in [1.82, 2.24) is 0 Å². The second kappa shape index (κ2) is 7.11. The zero-order valence-corrected chi connectivity index (χ0v) is 14.6. The summed E-state index contributed by atoms with van der Waals surface area (Å²) in [7, 11) is 2.89. The van der Waals surface area contributed by atoms with Crippen LogP contribution in [-0.4, -0.2) is 31.2 Å². The van der Waals surface area contributed by atoms with Gasteiger partial charge in [0.15, 0.2) is 11.5 Å². The summed E-state index contributed by atoms with van der Waals surface area (Å²) in [5.74, 6) is -0.684. The summed E-state index contributed by atoms with van der Waals surface area (Å²) in [6.07, 6.45) is 3.79. The van der Waals surface area contributed by atoms with Gasteiger partial charge in [-0.3, -0.25) is 4.79 Å². The molecule has 1 atom stereocenters. The Hall–Kier alpha value is -2.24. The van der Waals surface area contributed by atoms with E-state index < -0.39 is 5.97 Å². The number of carbonyl (C=O) groups is 2. The number of rotatable bonds is 5. The Labute approximate surface area is 142 Å². The van der Waals surface area contributed by atoms with Crippen molar-refractivity contribution in [3.8, 4) is 11.5 Å². The molecular weight excluding hydrogens is 310 g/mol. The molecule has 2 rings (SSSR count). The molecule has 1 unspecified atom stereocenters. The van der Waals surface area contributed by atoms with Gasteiger partial charge in [-0.25, -0.2) is 4.79 Å². The van der Waals surface area contributed by atoms with Crippen molar-refractivity contribution >= 4 is 17.6 Å². The molecule has 132 valence electrons. The third-order valence-electron chi connectivity index (χ3n) is 4.56. The Morgan fingerprint density at radius 1 is 1.25 bits per heavy atom. The molecule has 6 heteroatoms. The van der Waals surface area contributed by atoms with Gasteiger partial charge in [0.25, 0.3) is 0 Å². The van der Waals surface area contributed by atoms with Crippen LogP contribution in [0.1, 0.15) is 49.9 Å². The predicted molar refractivity (Wildman–Crippen MR) is 90.9 cm³/mol. The zero-order chi connectivity index (χ0) is 17.9. The third kappa shape index (κ3) is 3.99. The summed E-state index contributed by atoms with van der Waals surface area (Å²) in [5.41, 5.74) is 0.500. The first-order chi connectivity index (χ1) is 11.3. The van der Waals surface area contributed by atoms with Gasteiger partial charge in [0.05, 0.1) is 25.5 Å². The first kappa shape index (κ1) is 18.1. The minimum atomic E-state index is -1.09. The lowest BCUT2D eigenvalue weighted by Crippen LogP contribution is -2.31. The molecule has 1 fully saturated rings. The number of aromatic carboxylic acids is 1. The number of carbonyl (C=O) groups excluding carboxylic acids is 1. The molecule has 0 bridgehead atoms. The SMILES string of the molecule is COc1cc(C(=O)O)cc(NC(=O)C2CCCC(C)(C)C2)c1OC. The van der Waals surface area contributed by atoms with Gasteiger partial charge in [-0.1, -0.05) is 20.3 Å². The fourth-order valence-electron chi connectivity index (χ4n) is 3.34. The van der Waals surface area contributed by atoms with E-state index in [9.17, 15) is 14.7 Å². The topological polar surface area (TPSA) is 84.9 Å². The van der Waals surface area contributed by atoms with Gasteiger partial charge in [0.2, 0.25) is 5.91 Å². The van der Waals surface area contributed by atoms with Gasteiger partial charge >= 0.3 is 5.97 Å². The van der Waals surface area contributed by atoms with Gasteiger partial charge in [-0.15, -0.1) is 0 Å². The minimum Gasteiger partial charge on any atom is -0.493 e. The summed E-state index contributed by atoms with van der Waals surface area (Å²) >= 11 is 0. The Kier molecular flexibility index (Phi) is 5.36. The van der Waals surface area contributed by atoms with E-state index in [1.165, 1.54) is 26.4 Å². The number of ether oxygens (including phenoxy) is 2. The molecule has 2 N–H and O–H groups in total. The number of nitrogens with one attached hydrogen (secondary N) is 1. The lowest BCUT2D eigenvalue weighted by atomic mass is 9.72. The van der Waals surface area contributed by atoms with E-state index in [0.29, 0.717) is 11.4 Å². The number of amides is 1. The summed E-state index contributed by atoms with van der Waals surface area (Å²) in [6.45, 7) is 4.34. The van der Waals surface area contributed by atoms with Crippen molar-refractivity contribution < 1.29 is 24.2 Å². The van der Waals surface area contributed by atoms with Crippen LogP contribution in [0.2, 0.25) is 0 Å². The van der Waals surface area contributed by atoms with E-state index in [2.05, 4.69) is 19.2 Å². The maximum absolute atomic E-state index is 12.6. The monoisotopic (exact) mass is 335 g/mol. The highest BCUT2D eigenvalue weighted by Gasteiger charge is 2.32. The number of anilines is 1. The summed E-state index contributed by atoms with van der Waals surface area (Å²) in [5, 5.41) is 12.1. The Morgan fingerprint density at radius 2 is 1.96 bits per heavy atom. The van der Waals surface area contributed by atoms with E-state index >= 15 is 0 Å². The molecule has 1 aromatic carbocycles. The van der Waals surface area contributed by atoms with Crippen LogP contribution in [0.4, 0.5) is 5.69 Å². The molecule has 0 radical (unpaired) electrons. The quantitative estimate of drug-likeness (QED) is 0.859. The fourth-order valence-corrected chi connectivity index (χ4v) is 3.34. The van der Waals surface area contributed by atoms with Crippen molar-refractivity contribution in [2.24, 2.45) is 11.3 Å². The Balaban J connectivity index is 2.28. The molecule has 1 amide bonds. The lowest BCUT2D eigenvalue weighted by Gasteiger charge is -2.34. The number of carboxylic acid groups (broad SMARTS) is 1. The van der Waals surface area contributed by atoms with E-state index in [0.717, 1.165) is 25.7 Å². The third-order valence-corrected chi connectivity index (χ3v) is 4.56. The van der Waals surface area contributed by atoms with Gasteiger partial charge < -0.3 is 19.9 Å². The number of methoxy groups -OCH3 is 2. The van der Waals surface area contributed by atoms with Crippen LogP contribution in [-0.2, 0) is 4.79 Å². The molecule has 1 aliphatic rings. The first-order valence-corrected chi connectivity index (χ1v) is 8.07. The lowest BCUT2D eigenvalue weighted by molar-refractivity contribution is -0.122. The zero-order valence-electron chi connectivity index (χ0n) is 14.6. The van der Waals surface area contributed by atoms with Crippen LogP contribution in [0.25, 0.3) is 0 Å². The smallest absolute Gasteiger partial charge is 0.335 e. The van der Waals surface area contributed by atoms with Gasteiger partial charge in [-0.2, -0.15) is 0 Å². The van der Waals surface area contributed by atoms with Gasteiger partial charge in [0, 0.05) is 5.92 Å². The average Bonchev–Trinajstić information content (AvgIpc) is 2.52. The maximum Gasteiger partial charge on any atom is 0.335 e. The first-order valence-electron chi connectivity index (χ1n) is 8.07. The number of carboxylic acids is 1. The summed E-state index contributed by atoms with van der Waals surface area (Å²) in [6, 6.07) is 2.77. The van der Waals surface area contributed by atoms with Crippen molar-refractivity contribution in [3.05, 3.63) is 17.7 Å². The van der Waals surface area contributed by atoms with Crippen molar-refractivity contribution in [3.63, 3.8) is 0 Å². The highest BCUT2D eigenvalue weighted by Crippen LogP contribution is 2.41. The normalized spacial score (nSPS) is 19.4. The van der Waals surface area contributed by atoms with E-state index in [1.54, 1.807) is 0 Å². The fraction of sp³-hybridized carbons (Fsp3) is 0.556. The molecule has 24 heavy (non-hydrogen) atoms. The molecule has 0 aliphatic heterocycles. The molecule has 1 saturated carbocycles.